The van der Waals surface area contributed by atoms with Crippen molar-refractivity contribution in [3.8, 4) is 10.4 Å². The van der Waals surface area contributed by atoms with Crippen LogP contribution in [0.3, 0.4) is 0 Å². The van der Waals surface area contributed by atoms with Crippen molar-refractivity contribution in [2.45, 2.75) is 26.8 Å². The fourth-order valence-electron chi connectivity index (χ4n) is 1.83. The van der Waals surface area contributed by atoms with Crippen LogP contribution in [0.4, 0.5) is 0 Å². The van der Waals surface area contributed by atoms with Gasteiger partial charge in [0.05, 0.1) is 0 Å². The maximum atomic E-state index is 3.51. The van der Waals surface area contributed by atoms with Crippen molar-refractivity contribution in [2.75, 3.05) is 6.54 Å². The van der Waals surface area contributed by atoms with Crippen LogP contribution in [-0.4, -0.2) is 6.54 Å². The Morgan fingerprint density at radius 1 is 1.06 bits per heavy atom. The van der Waals surface area contributed by atoms with Gasteiger partial charge in [-0.25, -0.2) is 0 Å². The van der Waals surface area contributed by atoms with E-state index in [2.05, 4.69) is 61.6 Å². The smallest absolute Gasteiger partial charge is 0.0346 e. The third-order valence-corrected chi connectivity index (χ3v) is 4.05. The van der Waals surface area contributed by atoms with Gasteiger partial charge in [-0.3, -0.25) is 0 Å². The summed E-state index contributed by atoms with van der Waals surface area (Å²) in [6, 6.07) is 15.0. The summed E-state index contributed by atoms with van der Waals surface area (Å²) in [5.41, 5.74) is 1.32. The first-order valence-corrected chi connectivity index (χ1v) is 7.42. The van der Waals surface area contributed by atoms with Gasteiger partial charge in [-0.1, -0.05) is 44.2 Å². The van der Waals surface area contributed by atoms with Gasteiger partial charge in [-0.2, -0.15) is 0 Å². The molecule has 0 aliphatic heterocycles. The maximum absolute atomic E-state index is 3.51. The molecule has 1 aromatic carbocycles. The SMILES string of the molecule is CC(C)CCNCc1ccc(-c2ccccc2)s1. The van der Waals surface area contributed by atoms with Crippen molar-refractivity contribution in [3.05, 3.63) is 47.3 Å². The van der Waals surface area contributed by atoms with Crippen molar-refractivity contribution in [1.82, 2.24) is 5.32 Å². The van der Waals surface area contributed by atoms with E-state index in [1.165, 1.54) is 21.7 Å². The van der Waals surface area contributed by atoms with Crippen LogP contribution in [0.15, 0.2) is 42.5 Å². The van der Waals surface area contributed by atoms with E-state index >= 15 is 0 Å². The van der Waals surface area contributed by atoms with Crippen LogP contribution in [0.2, 0.25) is 0 Å². The van der Waals surface area contributed by atoms with Gasteiger partial charge in [0.25, 0.3) is 0 Å². The third kappa shape index (κ3) is 3.97. The van der Waals surface area contributed by atoms with Gasteiger partial charge in [0.1, 0.15) is 0 Å². The number of rotatable bonds is 6. The summed E-state index contributed by atoms with van der Waals surface area (Å²) in [7, 11) is 0. The first-order chi connectivity index (χ1) is 8.75. The second kappa shape index (κ2) is 6.72. The fraction of sp³-hybridized carbons (Fsp3) is 0.375. The molecular weight excluding hydrogens is 238 g/mol. The molecule has 2 rings (SSSR count). The molecule has 2 aromatic rings. The average Bonchev–Trinajstić information content (AvgIpc) is 2.84. The Labute approximate surface area is 114 Å². The van der Waals surface area contributed by atoms with Gasteiger partial charge in [-0.05, 0) is 36.6 Å². The molecule has 0 atom stereocenters. The van der Waals surface area contributed by atoms with E-state index in [1.807, 2.05) is 11.3 Å². The second-order valence-electron chi connectivity index (χ2n) is 4.99. The Morgan fingerprint density at radius 3 is 2.56 bits per heavy atom. The zero-order valence-electron chi connectivity index (χ0n) is 11.1. The molecule has 0 aliphatic rings. The van der Waals surface area contributed by atoms with Crippen LogP contribution >= 0.6 is 11.3 Å². The highest BCUT2D eigenvalue weighted by molar-refractivity contribution is 7.15. The second-order valence-corrected chi connectivity index (χ2v) is 6.16. The molecule has 1 N–H and O–H groups in total. The summed E-state index contributed by atoms with van der Waals surface area (Å²) >= 11 is 1.88. The van der Waals surface area contributed by atoms with Gasteiger partial charge in [0.15, 0.2) is 0 Å². The number of thiophene rings is 1. The Morgan fingerprint density at radius 2 is 1.83 bits per heavy atom. The molecule has 96 valence electrons. The highest BCUT2D eigenvalue weighted by Crippen LogP contribution is 2.27. The lowest BCUT2D eigenvalue weighted by Crippen LogP contribution is -2.15. The summed E-state index contributed by atoms with van der Waals surface area (Å²) in [4.78, 5) is 2.77. The van der Waals surface area contributed by atoms with Crippen LogP contribution in [0.25, 0.3) is 10.4 Å². The van der Waals surface area contributed by atoms with Crippen molar-refractivity contribution < 1.29 is 0 Å². The van der Waals surface area contributed by atoms with Gasteiger partial charge in [0, 0.05) is 16.3 Å². The number of hydrogen-bond acceptors (Lipinski definition) is 2. The first-order valence-electron chi connectivity index (χ1n) is 6.60. The van der Waals surface area contributed by atoms with E-state index in [1.54, 1.807) is 0 Å². The predicted octanol–water partition coefficient (Wildman–Crippen LogP) is 4.55. The quantitative estimate of drug-likeness (QED) is 0.750. The van der Waals surface area contributed by atoms with Gasteiger partial charge in [0.2, 0.25) is 0 Å². The van der Waals surface area contributed by atoms with E-state index in [0.29, 0.717) is 0 Å². The predicted molar refractivity (Wildman–Crippen MR) is 80.9 cm³/mol. The van der Waals surface area contributed by atoms with Crippen molar-refractivity contribution in [1.29, 1.82) is 0 Å². The maximum Gasteiger partial charge on any atom is 0.0346 e. The van der Waals surface area contributed by atoms with Crippen LogP contribution in [0.5, 0.6) is 0 Å². The topological polar surface area (TPSA) is 12.0 Å². The largest absolute Gasteiger partial charge is 0.312 e. The van der Waals surface area contributed by atoms with Crippen LogP contribution < -0.4 is 5.32 Å². The summed E-state index contributed by atoms with van der Waals surface area (Å²) in [6.07, 6.45) is 1.25. The highest BCUT2D eigenvalue weighted by atomic mass is 32.1. The zero-order valence-corrected chi connectivity index (χ0v) is 12.0. The summed E-state index contributed by atoms with van der Waals surface area (Å²) in [5, 5.41) is 3.51. The molecule has 0 saturated heterocycles. The standard InChI is InChI=1S/C16H21NS/c1-13(2)10-11-17-12-15-8-9-16(18-15)14-6-4-3-5-7-14/h3-9,13,17H,10-12H2,1-2H3. The van der Waals surface area contributed by atoms with E-state index < -0.39 is 0 Å². The van der Waals surface area contributed by atoms with E-state index in [0.717, 1.165) is 19.0 Å². The zero-order chi connectivity index (χ0) is 12.8. The molecule has 0 amide bonds. The molecule has 2 heteroatoms. The average molecular weight is 259 g/mol. The normalized spacial score (nSPS) is 11.1. The summed E-state index contributed by atoms with van der Waals surface area (Å²) < 4.78 is 0. The molecule has 1 aromatic heterocycles. The minimum atomic E-state index is 0.778. The Balaban J connectivity index is 1.87. The lowest BCUT2D eigenvalue weighted by molar-refractivity contribution is 0.539. The number of nitrogens with one attached hydrogen (secondary N) is 1. The third-order valence-electron chi connectivity index (χ3n) is 2.92. The fourth-order valence-corrected chi connectivity index (χ4v) is 2.82. The minimum absolute atomic E-state index is 0.778. The van der Waals surface area contributed by atoms with Crippen molar-refractivity contribution in [3.63, 3.8) is 0 Å². The van der Waals surface area contributed by atoms with Crippen LogP contribution in [0.1, 0.15) is 25.1 Å². The van der Waals surface area contributed by atoms with E-state index in [-0.39, 0.29) is 0 Å². The summed E-state index contributed by atoms with van der Waals surface area (Å²) in [6.45, 7) is 6.63. The van der Waals surface area contributed by atoms with Crippen LogP contribution in [0, 0.1) is 5.92 Å². The Kier molecular flexibility index (Phi) is 4.97. The van der Waals surface area contributed by atoms with Gasteiger partial charge < -0.3 is 5.32 Å². The monoisotopic (exact) mass is 259 g/mol. The molecule has 0 bridgehead atoms. The molecule has 1 nitrogen and oxygen atoms in total. The lowest BCUT2D eigenvalue weighted by Gasteiger charge is -2.05. The van der Waals surface area contributed by atoms with E-state index in [9.17, 15) is 0 Å². The van der Waals surface area contributed by atoms with E-state index in [4.69, 9.17) is 0 Å². The Bertz CT molecular complexity index is 459. The minimum Gasteiger partial charge on any atom is -0.312 e. The molecule has 0 aliphatic carbocycles. The van der Waals surface area contributed by atoms with Crippen LogP contribution in [-0.2, 0) is 6.54 Å². The van der Waals surface area contributed by atoms with Crippen molar-refractivity contribution in [2.24, 2.45) is 5.92 Å². The molecule has 0 unspecified atom stereocenters. The molecule has 18 heavy (non-hydrogen) atoms. The lowest BCUT2D eigenvalue weighted by atomic mass is 10.1. The molecule has 0 spiro atoms. The van der Waals surface area contributed by atoms with Gasteiger partial charge in [-0.15, -0.1) is 11.3 Å². The van der Waals surface area contributed by atoms with Crippen molar-refractivity contribution >= 4 is 11.3 Å². The molecule has 1 heterocycles. The molecule has 0 radical (unpaired) electrons. The Hall–Kier alpha value is -1.12. The molecule has 0 saturated carbocycles. The number of benzene rings is 1. The highest BCUT2D eigenvalue weighted by Gasteiger charge is 2.02. The summed E-state index contributed by atoms with van der Waals surface area (Å²) in [5.74, 6) is 0.778. The van der Waals surface area contributed by atoms with Gasteiger partial charge >= 0.3 is 0 Å². The first kappa shape index (κ1) is 13.3. The molecular formula is C16H21NS. The molecule has 0 fully saturated rings. The number of hydrogen-bond donors (Lipinski definition) is 1.